The zero-order valence-electron chi connectivity index (χ0n) is 12.0. The van der Waals surface area contributed by atoms with E-state index in [0.717, 1.165) is 0 Å². The molecule has 5 nitrogen and oxygen atoms in total. The third kappa shape index (κ3) is 4.62. The van der Waals surface area contributed by atoms with Gasteiger partial charge in [0.2, 0.25) is 10.0 Å². The molecule has 0 aliphatic rings. The fraction of sp³-hybridized carbons (Fsp3) is 0.133. The molecule has 2 N–H and O–H groups in total. The van der Waals surface area contributed by atoms with Gasteiger partial charge in [0.25, 0.3) is 0 Å². The van der Waals surface area contributed by atoms with E-state index in [1.165, 1.54) is 18.2 Å². The fourth-order valence-corrected chi connectivity index (χ4v) is 4.58. The highest BCUT2D eigenvalue weighted by molar-refractivity contribution is 7.89. The number of halogens is 3. The SMILES string of the molecule is O=C(O)C[C@H](NS(=O)(=O)c1c(Cl)cccc1Cl)c1ccc(Cl)cc1. The van der Waals surface area contributed by atoms with E-state index in [-0.39, 0.29) is 14.9 Å². The van der Waals surface area contributed by atoms with E-state index in [0.29, 0.717) is 10.6 Å². The Balaban J connectivity index is 2.41. The van der Waals surface area contributed by atoms with Crippen LogP contribution in [0.25, 0.3) is 0 Å². The van der Waals surface area contributed by atoms with Gasteiger partial charge in [-0.3, -0.25) is 4.79 Å². The molecule has 2 aromatic rings. The summed E-state index contributed by atoms with van der Waals surface area (Å²) in [5.74, 6) is -1.16. The Morgan fingerprint density at radius 2 is 1.58 bits per heavy atom. The third-order valence-electron chi connectivity index (χ3n) is 3.14. The maximum atomic E-state index is 12.6. The highest BCUT2D eigenvalue weighted by Gasteiger charge is 2.27. The van der Waals surface area contributed by atoms with Gasteiger partial charge >= 0.3 is 5.97 Å². The minimum Gasteiger partial charge on any atom is -0.481 e. The van der Waals surface area contributed by atoms with Crippen LogP contribution in [0.4, 0.5) is 0 Å². The summed E-state index contributed by atoms with van der Waals surface area (Å²) in [6.07, 6.45) is -0.455. The molecule has 128 valence electrons. The molecule has 0 saturated heterocycles. The van der Waals surface area contributed by atoms with Crippen LogP contribution in [-0.4, -0.2) is 19.5 Å². The van der Waals surface area contributed by atoms with Crippen LogP contribution in [0, 0.1) is 0 Å². The van der Waals surface area contributed by atoms with Crippen molar-refractivity contribution in [3.63, 3.8) is 0 Å². The van der Waals surface area contributed by atoms with Crippen molar-refractivity contribution in [2.75, 3.05) is 0 Å². The topological polar surface area (TPSA) is 83.5 Å². The molecule has 0 bridgehead atoms. The minimum absolute atomic E-state index is 0.0554. The maximum absolute atomic E-state index is 12.6. The first-order valence-electron chi connectivity index (χ1n) is 6.64. The molecule has 0 saturated carbocycles. The Morgan fingerprint density at radius 3 is 2.08 bits per heavy atom. The largest absolute Gasteiger partial charge is 0.481 e. The zero-order valence-corrected chi connectivity index (χ0v) is 15.1. The Hall–Kier alpha value is -1.31. The molecule has 0 fully saturated rings. The van der Waals surface area contributed by atoms with Crippen LogP contribution in [0.15, 0.2) is 47.4 Å². The van der Waals surface area contributed by atoms with Gasteiger partial charge in [-0.05, 0) is 29.8 Å². The number of benzene rings is 2. The first-order chi connectivity index (χ1) is 11.2. The summed E-state index contributed by atoms with van der Waals surface area (Å²) in [7, 11) is -4.13. The number of carboxylic acids is 1. The highest BCUT2D eigenvalue weighted by atomic mass is 35.5. The van der Waals surface area contributed by atoms with Gasteiger partial charge in [0.1, 0.15) is 4.90 Å². The van der Waals surface area contributed by atoms with Gasteiger partial charge < -0.3 is 5.11 Å². The van der Waals surface area contributed by atoms with Crippen LogP contribution < -0.4 is 4.72 Å². The van der Waals surface area contributed by atoms with E-state index in [9.17, 15) is 13.2 Å². The number of carbonyl (C=O) groups is 1. The molecule has 0 radical (unpaired) electrons. The Labute approximate surface area is 154 Å². The van der Waals surface area contributed by atoms with Crippen molar-refractivity contribution in [3.8, 4) is 0 Å². The van der Waals surface area contributed by atoms with Crippen molar-refractivity contribution < 1.29 is 18.3 Å². The molecule has 1 atom stereocenters. The molecule has 0 aromatic heterocycles. The molecule has 2 rings (SSSR count). The first-order valence-corrected chi connectivity index (χ1v) is 9.26. The number of hydrogen-bond acceptors (Lipinski definition) is 3. The predicted octanol–water partition coefficient (Wildman–Crippen LogP) is 4.14. The molecule has 0 heterocycles. The Bertz CT molecular complexity index is 833. The van der Waals surface area contributed by atoms with Gasteiger partial charge in [-0.1, -0.05) is 53.0 Å². The number of aliphatic carboxylic acids is 1. The summed E-state index contributed by atoms with van der Waals surface area (Å²) in [5, 5.41) is 9.40. The van der Waals surface area contributed by atoms with E-state index in [1.807, 2.05) is 0 Å². The van der Waals surface area contributed by atoms with Crippen molar-refractivity contribution in [2.24, 2.45) is 0 Å². The quantitative estimate of drug-likeness (QED) is 0.752. The van der Waals surface area contributed by atoms with Gasteiger partial charge in [-0.2, -0.15) is 0 Å². The second-order valence-electron chi connectivity index (χ2n) is 4.87. The molecule has 0 aliphatic carbocycles. The van der Waals surface area contributed by atoms with Crippen LogP contribution in [0.3, 0.4) is 0 Å². The summed E-state index contributed by atoms with van der Waals surface area (Å²) in [4.78, 5) is 10.8. The van der Waals surface area contributed by atoms with Crippen molar-refractivity contribution in [3.05, 3.63) is 63.1 Å². The fourth-order valence-electron chi connectivity index (χ4n) is 2.08. The van der Waals surface area contributed by atoms with Crippen LogP contribution in [-0.2, 0) is 14.8 Å². The van der Waals surface area contributed by atoms with E-state index in [4.69, 9.17) is 39.9 Å². The summed E-state index contributed by atoms with van der Waals surface area (Å²) in [6.45, 7) is 0. The predicted molar refractivity (Wildman–Crippen MR) is 93.2 cm³/mol. The normalized spacial score (nSPS) is 12.8. The van der Waals surface area contributed by atoms with Crippen molar-refractivity contribution in [1.29, 1.82) is 0 Å². The molecule has 9 heteroatoms. The monoisotopic (exact) mass is 407 g/mol. The van der Waals surface area contributed by atoms with Gasteiger partial charge in [0.05, 0.1) is 22.5 Å². The van der Waals surface area contributed by atoms with Crippen LogP contribution >= 0.6 is 34.8 Å². The minimum atomic E-state index is -4.13. The molecule has 2 aromatic carbocycles. The first kappa shape index (κ1) is 19.0. The number of nitrogens with one attached hydrogen (secondary N) is 1. The molecule has 24 heavy (non-hydrogen) atoms. The lowest BCUT2D eigenvalue weighted by molar-refractivity contribution is -0.137. The summed E-state index contributed by atoms with van der Waals surface area (Å²) in [5.41, 5.74) is 0.452. The Morgan fingerprint density at radius 1 is 1.04 bits per heavy atom. The van der Waals surface area contributed by atoms with E-state index < -0.39 is 28.5 Å². The van der Waals surface area contributed by atoms with Gasteiger partial charge in [-0.25, -0.2) is 13.1 Å². The van der Waals surface area contributed by atoms with Crippen LogP contribution in [0.1, 0.15) is 18.0 Å². The van der Waals surface area contributed by atoms with Gasteiger partial charge in [0, 0.05) is 5.02 Å². The second-order valence-corrected chi connectivity index (χ2v) is 7.78. The van der Waals surface area contributed by atoms with E-state index >= 15 is 0 Å². The summed E-state index contributed by atoms with van der Waals surface area (Å²) < 4.78 is 27.6. The Kier molecular flexibility index (Phi) is 6.11. The average molecular weight is 409 g/mol. The molecular weight excluding hydrogens is 397 g/mol. The second kappa shape index (κ2) is 7.72. The van der Waals surface area contributed by atoms with Gasteiger partial charge in [-0.15, -0.1) is 0 Å². The smallest absolute Gasteiger partial charge is 0.305 e. The molecule has 0 aliphatic heterocycles. The number of carboxylic acid groups (broad SMARTS) is 1. The van der Waals surface area contributed by atoms with Crippen molar-refractivity contribution >= 4 is 50.8 Å². The van der Waals surface area contributed by atoms with Gasteiger partial charge in [0.15, 0.2) is 0 Å². The zero-order chi connectivity index (χ0) is 17.9. The van der Waals surface area contributed by atoms with Crippen molar-refractivity contribution in [1.82, 2.24) is 4.72 Å². The average Bonchev–Trinajstić information content (AvgIpc) is 2.46. The van der Waals surface area contributed by atoms with Crippen LogP contribution in [0.5, 0.6) is 0 Å². The molecule has 0 unspecified atom stereocenters. The standard InChI is InChI=1S/C15H12Cl3NO4S/c16-10-6-4-9(5-7-10)13(8-14(20)21)19-24(22,23)15-11(17)2-1-3-12(15)18/h1-7,13,19H,8H2,(H,20,21)/t13-/m0/s1. The lowest BCUT2D eigenvalue weighted by atomic mass is 10.1. The van der Waals surface area contributed by atoms with Crippen molar-refractivity contribution in [2.45, 2.75) is 17.4 Å². The van der Waals surface area contributed by atoms with Crippen LogP contribution in [0.2, 0.25) is 15.1 Å². The molecular formula is C15H12Cl3NO4S. The van der Waals surface area contributed by atoms with E-state index in [2.05, 4.69) is 4.72 Å². The molecule has 0 amide bonds. The summed E-state index contributed by atoms with van der Waals surface area (Å²) >= 11 is 17.7. The third-order valence-corrected chi connectivity index (χ3v) is 5.81. The lowest BCUT2D eigenvalue weighted by Gasteiger charge is -2.18. The molecule has 0 spiro atoms. The number of hydrogen-bond donors (Lipinski definition) is 2. The summed E-state index contributed by atoms with van der Waals surface area (Å²) in [6, 6.07) is 9.46. The maximum Gasteiger partial charge on any atom is 0.305 e. The number of sulfonamides is 1. The highest BCUT2D eigenvalue weighted by Crippen LogP contribution is 2.31. The number of rotatable bonds is 6. The van der Waals surface area contributed by atoms with E-state index in [1.54, 1.807) is 24.3 Å². The lowest BCUT2D eigenvalue weighted by Crippen LogP contribution is -2.30.